The van der Waals surface area contributed by atoms with Crippen molar-refractivity contribution in [3.63, 3.8) is 0 Å². The molecule has 3 saturated heterocycles. The SMILES string of the molecule is COc1ccc([C@H](NC(=O)NC23CC(C)(C2)OC32COC2)C(F)F)cc1. The molecule has 8 heteroatoms. The lowest BCUT2D eigenvalue weighted by Gasteiger charge is -2.50. The van der Waals surface area contributed by atoms with Crippen molar-refractivity contribution >= 4 is 6.03 Å². The van der Waals surface area contributed by atoms with Crippen LogP contribution in [0, 0.1) is 0 Å². The van der Waals surface area contributed by atoms with Crippen molar-refractivity contribution in [3.8, 4) is 5.75 Å². The summed E-state index contributed by atoms with van der Waals surface area (Å²) in [6, 6.07) is 4.20. The van der Waals surface area contributed by atoms with Gasteiger partial charge >= 0.3 is 6.03 Å². The topological polar surface area (TPSA) is 68.8 Å². The molecule has 5 rings (SSSR count). The molecule has 1 aromatic carbocycles. The average Bonchev–Trinajstić information content (AvgIpc) is 2.95. The maximum atomic E-state index is 13.5. The summed E-state index contributed by atoms with van der Waals surface area (Å²) in [4.78, 5) is 12.5. The molecule has 1 aliphatic carbocycles. The zero-order valence-electron chi connectivity index (χ0n) is 14.7. The highest BCUT2D eigenvalue weighted by Gasteiger charge is 2.76. The Labute approximate surface area is 150 Å². The zero-order chi connectivity index (χ0) is 18.6. The molecule has 1 spiro atoms. The number of urea groups is 1. The third-order valence-corrected chi connectivity index (χ3v) is 5.70. The molecule has 2 N–H and O–H groups in total. The van der Waals surface area contributed by atoms with Crippen LogP contribution in [-0.4, -0.2) is 49.5 Å². The molecular formula is C18H22F2N2O4. The summed E-state index contributed by atoms with van der Waals surface area (Å²) in [5.74, 6) is 0.564. The van der Waals surface area contributed by atoms with Crippen molar-refractivity contribution in [2.45, 2.75) is 49.0 Å². The molecule has 3 aliphatic heterocycles. The number of methoxy groups -OCH3 is 1. The number of nitrogens with one attached hydrogen (secondary N) is 2. The first-order chi connectivity index (χ1) is 12.3. The number of carbonyl (C=O) groups excluding carboxylic acids is 1. The summed E-state index contributed by atoms with van der Waals surface area (Å²) in [5.41, 5.74) is -1.03. The van der Waals surface area contributed by atoms with Gasteiger partial charge in [-0.1, -0.05) is 12.1 Å². The van der Waals surface area contributed by atoms with Gasteiger partial charge in [-0.15, -0.1) is 0 Å². The van der Waals surface area contributed by atoms with Gasteiger partial charge in [0.2, 0.25) is 0 Å². The minimum absolute atomic E-state index is 0.269. The first kappa shape index (κ1) is 17.5. The van der Waals surface area contributed by atoms with Gasteiger partial charge in [0.15, 0.2) is 0 Å². The molecule has 0 unspecified atom stereocenters. The minimum Gasteiger partial charge on any atom is -0.497 e. The van der Waals surface area contributed by atoms with Gasteiger partial charge in [0.25, 0.3) is 6.43 Å². The quantitative estimate of drug-likeness (QED) is 0.837. The number of hydrogen-bond donors (Lipinski definition) is 2. The van der Waals surface area contributed by atoms with Gasteiger partial charge in [-0.05, 0) is 24.6 Å². The van der Waals surface area contributed by atoms with Crippen molar-refractivity contribution in [1.29, 1.82) is 0 Å². The fourth-order valence-corrected chi connectivity index (χ4v) is 4.51. The second-order valence-electron chi connectivity index (χ2n) is 7.66. The van der Waals surface area contributed by atoms with E-state index in [9.17, 15) is 13.6 Å². The van der Waals surface area contributed by atoms with E-state index >= 15 is 0 Å². The number of carbonyl (C=O) groups is 1. The van der Waals surface area contributed by atoms with E-state index in [1.807, 2.05) is 6.92 Å². The van der Waals surface area contributed by atoms with Crippen LogP contribution in [0.25, 0.3) is 0 Å². The van der Waals surface area contributed by atoms with E-state index in [4.69, 9.17) is 14.2 Å². The summed E-state index contributed by atoms with van der Waals surface area (Å²) in [6.45, 7) is 2.83. The highest BCUT2D eigenvalue weighted by Crippen LogP contribution is 2.62. The van der Waals surface area contributed by atoms with Gasteiger partial charge in [0.05, 0.1) is 31.5 Å². The fraction of sp³-hybridized carbons (Fsp3) is 0.611. The first-order valence-electron chi connectivity index (χ1n) is 8.59. The number of benzene rings is 1. The fourth-order valence-electron chi connectivity index (χ4n) is 4.51. The van der Waals surface area contributed by atoms with Gasteiger partial charge in [-0.25, -0.2) is 13.6 Å². The molecule has 1 saturated carbocycles. The predicted octanol–water partition coefficient (Wildman–Crippen LogP) is 2.39. The molecule has 4 aliphatic rings. The van der Waals surface area contributed by atoms with Crippen LogP contribution in [0.15, 0.2) is 24.3 Å². The summed E-state index contributed by atoms with van der Waals surface area (Å²) in [7, 11) is 1.50. The van der Waals surface area contributed by atoms with Crippen molar-refractivity contribution < 1.29 is 27.8 Å². The van der Waals surface area contributed by atoms with Gasteiger partial charge in [-0.2, -0.15) is 0 Å². The Morgan fingerprint density at radius 2 is 1.88 bits per heavy atom. The molecule has 142 valence electrons. The minimum atomic E-state index is -2.74. The second-order valence-corrected chi connectivity index (χ2v) is 7.66. The molecule has 0 radical (unpaired) electrons. The normalized spacial score (nSPS) is 31.9. The standard InChI is InChI=1S/C18H22F2N2O4/c1-16-7-17(8-16,18(26-16)9-25-10-18)22-15(23)21-13(14(19)20)11-3-5-12(24-2)6-4-11/h3-6,13-14H,7-10H2,1-2H3,(H2,21,22,23)/t13-,16?,17?/m0/s1. The summed E-state index contributed by atoms with van der Waals surface area (Å²) in [5, 5.41) is 5.31. The van der Waals surface area contributed by atoms with Gasteiger partial charge in [0.1, 0.15) is 17.4 Å². The maximum Gasteiger partial charge on any atom is 0.316 e. The monoisotopic (exact) mass is 368 g/mol. The molecule has 3 heterocycles. The number of ether oxygens (including phenoxy) is 3. The van der Waals surface area contributed by atoms with E-state index in [1.165, 1.54) is 19.2 Å². The van der Waals surface area contributed by atoms with Crippen molar-refractivity contribution in [1.82, 2.24) is 10.6 Å². The third-order valence-electron chi connectivity index (χ3n) is 5.70. The number of amides is 2. The molecule has 4 fully saturated rings. The zero-order valence-corrected chi connectivity index (χ0v) is 14.7. The third kappa shape index (κ3) is 2.54. The van der Waals surface area contributed by atoms with E-state index < -0.39 is 29.6 Å². The molecular weight excluding hydrogens is 346 g/mol. The van der Waals surface area contributed by atoms with Crippen LogP contribution in [0.1, 0.15) is 31.4 Å². The summed E-state index contributed by atoms with van der Waals surface area (Å²) >= 11 is 0. The van der Waals surface area contributed by atoms with E-state index in [1.54, 1.807) is 12.1 Å². The number of alkyl halides is 2. The van der Waals surface area contributed by atoms with Gasteiger partial charge in [-0.3, -0.25) is 0 Å². The Morgan fingerprint density at radius 1 is 1.23 bits per heavy atom. The molecule has 0 aromatic heterocycles. The van der Waals surface area contributed by atoms with Crippen molar-refractivity contribution in [3.05, 3.63) is 29.8 Å². The molecule has 1 atom stereocenters. The highest BCUT2D eigenvalue weighted by molar-refractivity contribution is 5.76. The van der Waals surface area contributed by atoms with Gasteiger partial charge < -0.3 is 24.8 Å². The van der Waals surface area contributed by atoms with Crippen LogP contribution < -0.4 is 15.4 Å². The lowest BCUT2D eigenvalue weighted by Crippen LogP contribution is -2.72. The van der Waals surface area contributed by atoms with Gasteiger partial charge in [0, 0.05) is 12.8 Å². The first-order valence-corrected chi connectivity index (χ1v) is 8.59. The largest absolute Gasteiger partial charge is 0.497 e. The molecule has 2 bridgehead atoms. The lowest BCUT2D eigenvalue weighted by molar-refractivity contribution is -0.205. The van der Waals surface area contributed by atoms with E-state index in [-0.39, 0.29) is 5.60 Å². The maximum absolute atomic E-state index is 13.5. The number of rotatable bonds is 5. The highest BCUT2D eigenvalue weighted by atomic mass is 19.3. The Hall–Kier alpha value is -1.93. The van der Waals surface area contributed by atoms with Crippen LogP contribution >= 0.6 is 0 Å². The molecule has 26 heavy (non-hydrogen) atoms. The Bertz CT molecular complexity index is 700. The smallest absolute Gasteiger partial charge is 0.316 e. The average molecular weight is 368 g/mol. The van der Waals surface area contributed by atoms with Crippen LogP contribution in [0.5, 0.6) is 5.75 Å². The molecule has 2 amide bonds. The molecule has 6 nitrogen and oxygen atoms in total. The predicted molar refractivity (Wildman–Crippen MR) is 88.4 cm³/mol. The lowest BCUT2D eigenvalue weighted by atomic mass is 9.62. The number of hydrogen-bond acceptors (Lipinski definition) is 4. The van der Waals surface area contributed by atoms with Crippen molar-refractivity contribution in [2.24, 2.45) is 0 Å². The Kier molecular flexibility index (Phi) is 3.89. The van der Waals surface area contributed by atoms with E-state index in [0.717, 1.165) is 0 Å². The van der Waals surface area contributed by atoms with Crippen LogP contribution in [0.3, 0.4) is 0 Å². The Morgan fingerprint density at radius 3 is 2.38 bits per heavy atom. The van der Waals surface area contributed by atoms with Crippen LogP contribution in [0.4, 0.5) is 13.6 Å². The van der Waals surface area contributed by atoms with Crippen LogP contribution in [0.2, 0.25) is 0 Å². The van der Waals surface area contributed by atoms with E-state index in [0.29, 0.717) is 37.4 Å². The van der Waals surface area contributed by atoms with Crippen molar-refractivity contribution in [2.75, 3.05) is 20.3 Å². The van der Waals surface area contributed by atoms with E-state index in [2.05, 4.69) is 10.6 Å². The Balaban J connectivity index is 1.46. The second kappa shape index (κ2) is 5.79. The summed E-state index contributed by atoms with van der Waals surface area (Å²) < 4.78 is 43.4. The molecule has 1 aromatic rings. The number of halogens is 2. The van der Waals surface area contributed by atoms with Crippen LogP contribution in [-0.2, 0) is 9.47 Å². The summed E-state index contributed by atoms with van der Waals surface area (Å²) in [6.07, 6.45) is -1.41.